The van der Waals surface area contributed by atoms with E-state index >= 15 is 0 Å². The van der Waals surface area contributed by atoms with E-state index in [1.807, 2.05) is 0 Å². The fourth-order valence-corrected chi connectivity index (χ4v) is 3.64. The molecule has 0 radical (unpaired) electrons. The van der Waals surface area contributed by atoms with E-state index in [-0.39, 0.29) is 24.2 Å². The molecular formula is C17H31NO3. The zero-order valence-electron chi connectivity index (χ0n) is 13.6. The normalized spacial score (nSPS) is 29.6. The van der Waals surface area contributed by atoms with Gasteiger partial charge in [0, 0.05) is 18.4 Å². The Labute approximate surface area is 128 Å². The molecule has 122 valence electrons. The molecule has 2 rings (SSSR count). The maximum Gasteiger partial charge on any atom is 0.0701 e. The highest BCUT2D eigenvalue weighted by Gasteiger charge is 2.55. The molecule has 4 heteroatoms. The number of piperidine rings is 1. The van der Waals surface area contributed by atoms with Crippen molar-refractivity contribution in [2.45, 2.75) is 58.2 Å². The van der Waals surface area contributed by atoms with Gasteiger partial charge in [0.2, 0.25) is 0 Å². The molecule has 0 unspecified atom stereocenters. The summed E-state index contributed by atoms with van der Waals surface area (Å²) in [6, 6.07) is 0. The Hall–Kier alpha value is -0.420. The second-order valence-corrected chi connectivity index (χ2v) is 6.60. The molecule has 0 aromatic rings. The first-order valence-corrected chi connectivity index (χ1v) is 8.41. The third kappa shape index (κ3) is 3.86. The molecule has 0 amide bonds. The summed E-state index contributed by atoms with van der Waals surface area (Å²) in [5, 5.41) is 19.1. The first-order chi connectivity index (χ1) is 10.1. The predicted octanol–water partition coefficient (Wildman–Crippen LogP) is 1.96. The average Bonchev–Trinajstić information content (AvgIpc) is 2.51. The van der Waals surface area contributed by atoms with E-state index in [1.54, 1.807) is 0 Å². The first-order valence-electron chi connectivity index (χ1n) is 8.41. The molecule has 1 saturated heterocycles. The van der Waals surface area contributed by atoms with Gasteiger partial charge in [0.25, 0.3) is 0 Å². The van der Waals surface area contributed by atoms with Crippen molar-refractivity contribution in [3.05, 3.63) is 11.6 Å². The zero-order valence-corrected chi connectivity index (χ0v) is 13.6. The van der Waals surface area contributed by atoms with Crippen molar-refractivity contribution in [2.75, 3.05) is 32.8 Å². The molecule has 2 atom stereocenters. The second kappa shape index (κ2) is 7.73. The number of ether oxygens (including phenoxy) is 1. The molecule has 1 saturated carbocycles. The van der Waals surface area contributed by atoms with Crippen LogP contribution in [0.4, 0.5) is 0 Å². The van der Waals surface area contributed by atoms with E-state index in [9.17, 15) is 5.11 Å². The highest BCUT2D eigenvalue weighted by atomic mass is 16.5. The maximum atomic E-state index is 10.2. The van der Waals surface area contributed by atoms with Gasteiger partial charge in [-0.05, 0) is 45.7 Å². The van der Waals surface area contributed by atoms with E-state index in [4.69, 9.17) is 9.84 Å². The molecular weight excluding hydrogens is 266 g/mol. The van der Waals surface area contributed by atoms with Gasteiger partial charge in [0.1, 0.15) is 0 Å². The first kappa shape index (κ1) is 16.9. The molecule has 0 aromatic carbocycles. The van der Waals surface area contributed by atoms with Crippen molar-refractivity contribution in [1.82, 2.24) is 4.90 Å². The Morgan fingerprint density at radius 3 is 2.67 bits per heavy atom. The van der Waals surface area contributed by atoms with Crippen molar-refractivity contribution in [1.29, 1.82) is 0 Å². The number of rotatable bonds is 7. The van der Waals surface area contributed by atoms with Gasteiger partial charge in [-0.25, -0.2) is 0 Å². The van der Waals surface area contributed by atoms with Crippen molar-refractivity contribution in [2.24, 2.45) is 5.41 Å². The van der Waals surface area contributed by atoms with E-state index < -0.39 is 0 Å². The number of aliphatic hydroxyl groups excluding tert-OH is 2. The Kier molecular flexibility index (Phi) is 6.23. The van der Waals surface area contributed by atoms with E-state index in [0.717, 1.165) is 51.7 Å². The van der Waals surface area contributed by atoms with Crippen molar-refractivity contribution < 1.29 is 14.9 Å². The molecule has 21 heavy (non-hydrogen) atoms. The molecule has 2 N–H and O–H groups in total. The third-order valence-corrected chi connectivity index (χ3v) is 5.44. The lowest BCUT2D eigenvalue weighted by Gasteiger charge is -2.56. The van der Waals surface area contributed by atoms with Gasteiger partial charge in [-0.2, -0.15) is 0 Å². The van der Waals surface area contributed by atoms with Crippen LogP contribution in [0.1, 0.15) is 46.0 Å². The monoisotopic (exact) mass is 297 g/mol. The van der Waals surface area contributed by atoms with E-state index in [2.05, 4.69) is 24.8 Å². The van der Waals surface area contributed by atoms with Crippen LogP contribution in [0.15, 0.2) is 11.6 Å². The SMILES string of the molecule is CCC(C)=CCCN1CCC2(CC1)[C@H](O)C[C@@H]2OCCO. The van der Waals surface area contributed by atoms with Crippen LogP contribution in [0.25, 0.3) is 0 Å². The fraction of sp³-hybridized carbons (Fsp3) is 0.882. The van der Waals surface area contributed by atoms with Gasteiger partial charge in [0.05, 0.1) is 25.4 Å². The molecule has 0 aromatic heterocycles. The highest BCUT2D eigenvalue weighted by molar-refractivity contribution is 5.06. The van der Waals surface area contributed by atoms with Crippen LogP contribution < -0.4 is 0 Å². The van der Waals surface area contributed by atoms with Crippen LogP contribution >= 0.6 is 0 Å². The van der Waals surface area contributed by atoms with Crippen LogP contribution in [0.5, 0.6) is 0 Å². The molecule has 1 heterocycles. The van der Waals surface area contributed by atoms with Gasteiger partial charge in [-0.1, -0.05) is 18.6 Å². The quantitative estimate of drug-likeness (QED) is 0.705. The standard InChI is InChI=1S/C17H31NO3/c1-3-14(2)5-4-8-18-9-6-17(7-10-18)15(20)13-16(17)21-12-11-19/h5,15-16,19-20H,3-4,6-13H2,1-2H3/t15-,16+/m1/s1. The van der Waals surface area contributed by atoms with Crippen LogP contribution in [-0.2, 0) is 4.74 Å². The summed E-state index contributed by atoms with van der Waals surface area (Å²) in [4.78, 5) is 2.50. The minimum atomic E-state index is -0.217. The zero-order chi connectivity index (χ0) is 15.3. The second-order valence-electron chi connectivity index (χ2n) is 6.60. The molecule has 0 bridgehead atoms. The molecule has 2 aliphatic rings. The fourth-order valence-electron chi connectivity index (χ4n) is 3.64. The van der Waals surface area contributed by atoms with Crippen LogP contribution in [0.3, 0.4) is 0 Å². The van der Waals surface area contributed by atoms with E-state index in [0.29, 0.717) is 6.61 Å². The van der Waals surface area contributed by atoms with Crippen LogP contribution in [0, 0.1) is 5.41 Å². The molecule has 4 nitrogen and oxygen atoms in total. The number of likely N-dealkylation sites (tertiary alicyclic amines) is 1. The summed E-state index contributed by atoms with van der Waals surface area (Å²) in [6.45, 7) is 8.07. The summed E-state index contributed by atoms with van der Waals surface area (Å²) in [7, 11) is 0. The summed E-state index contributed by atoms with van der Waals surface area (Å²) >= 11 is 0. The molecule has 1 aliphatic carbocycles. The minimum Gasteiger partial charge on any atom is -0.394 e. The summed E-state index contributed by atoms with van der Waals surface area (Å²) < 4.78 is 5.72. The number of allylic oxidation sites excluding steroid dienone is 1. The molecule has 1 spiro atoms. The minimum absolute atomic E-state index is 0.0408. The predicted molar refractivity (Wildman–Crippen MR) is 84.2 cm³/mol. The Morgan fingerprint density at radius 2 is 2.10 bits per heavy atom. The van der Waals surface area contributed by atoms with E-state index in [1.165, 1.54) is 5.57 Å². The van der Waals surface area contributed by atoms with Crippen molar-refractivity contribution >= 4 is 0 Å². The van der Waals surface area contributed by atoms with Crippen LogP contribution in [0.2, 0.25) is 0 Å². The Morgan fingerprint density at radius 1 is 1.38 bits per heavy atom. The number of nitrogens with zero attached hydrogens (tertiary/aromatic N) is 1. The van der Waals surface area contributed by atoms with Crippen molar-refractivity contribution in [3.8, 4) is 0 Å². The van der Waals surface area contributed by atoms with Gasteiger partial charge in [-0.15, -0.1) is 0 Å². The Balaban J connectivity index is 1.76. The highest BCUT2D eigenvalue weighted by Crippen LogP contribution is 2.50. The summed E-state index contributed by atoms with van der Waals surface area (Å²) in [5.41, 5.74) is 1.43. The average molecular weight is 297 g/mol. The smallest absolute Gasteiger partial charge is 0.0701 e. The topological polar surface area (TPSA) is 52.9 Å². The van der Waals surface area contributed by atoms with Gasteiger partial charge >= 0.3 is 0 Å². The maximum absolute atomic E-state index is 10.2. The summed E-state index contributed by atoms with van der Waals surface area (Å²) in [5.74, 6) is 0. The van der Waals surface area contributed by atoms with Gasteiger partial charge in [0.15, 0.2) is 0 Å². The summed E-state index contributed by atoms with van der Waals surface area (Å²) in [6.07, 6.45) is 7.30. The van der Waals surface area contributed by atoms with Crippen molar-refractivity contribution in [3.63, 3.8) is 0 Å². The lowest BCUT2D eigenvalue weighted by Crippen LogP contribution is -2.62. The largest absolute Gasteiger partial charge is 0.394 e. The number of hydrogen-bond acceptors (Lipinski definition) is 4. The Bertz CT molecular complexity index is 348. The lowest BCUT2D eigenvalue weighted by atomic mass is 9.58. The number of aliphatic hydroxyl groups is 2. The van der Waals surface area contributed by atoms with Gasteiger partial charge < -0.3 is 19.8 Å². The van der Waals surface area contributed by atoms with Crippen LogP contribution in [-0.4, -0.2) is 60.2 Å². The molecule has 2 fully saturated rings. The third-order valence-electron chi connectivity index (χ3n) is 5.44. The number of hydrogen-bond donors (Lipinski definition) is 2. The van der Waals surface area contributed by atoms with Gasteiger partial charge in [-0.3, -0.25) is 0 Å². The lowest BCUT2D eigenvalue weighted by molar-refractivity contribution is -0.213. The molecule has 1 aliphatic heterocycles.